The highest BCUT2D eigenvalue weighted by Crippen LogP contribution is 2.26. The number of nitrogens with zero attached hydrogens (tertiary/aromatic N) is 2. The van der Waals surface area contributed by atoms with E-state index in [1.54, 1.807) is 25.3 Å². The number of benzene rings is 2. The summed E-state index contributed by atoms with van der Waals surface area (Å²) in [5.41, 5.74) is 1.01. The van der Waals surface area contributed by atoms with Crippen LogP contribution in [0.25, 0.3) is 11.5 Å². The molecule has 1 aromatic heterocycles. The van der Waals surface area contributed by atoms with Gasteiger partial charge in [0.15, 0.2) is 6.61 Å². The fourth-order valence-corrected chi connectivity index (χ4v) is 2.36. The largest absolute Gasteiger partial charge is 0.497 e. The second-order valence-corrected chi connectivity index (χ2v) is 5.59. The van der Waals surface area contributed by atoms with Crippen LogP contribution < -0.4 is 9.47 Å². The summed E-state index contributed by atoms with van der Waals surface area (Å²) in [6.45, 7) is -0.0203. The molecule has 1 heterocycles. The first kappa shape index (κ1) is 17.8. The van der Waals surface area contributed by atoms with Crippen molar-refractivity contribution in [3.05, 3.63) is 58.9 Å². The van der Waals surface area contributed by atoms with Crippen molar-refractivity contribution in [2.45, 2.75) is 6.61 Å². The van der Waals surface area contributed by atoms with E-state index in [1.165, 1.54) is 19.2 Å². The number of hydrogen-bond donors (Lipinski definition) is 0. The van der Waals surface area contributed by atoms with Crippen LogP contribution in [-0.4, -0.2) is 30.4 Å². The second kappa shape index (κ2) is 7.88. The van der Waals surface area contributed by atoms with Crippen molar-refractivity contribution in [1.82, 2.24) is 10.2 Å². The minimum Gasteiger partial charge on any atom is -0.497 e. The molecule has 7 nitrogen and oxygen atoms in total. The maximum atomic E-state index is 11.8. The van der Waals surface area contributed by atoms with Crippen molar-refractivity contribution in [1.29, 1.82) is 0 Å². The molecule has 2 aromatic carbocycles. The first-order chi connectivity index (χ1) is 12.6. The fourth-order valence-electron chi connectivity index (χ4n) is 2.20. The van der Waals surface area contributed by atoms with Crippen LogP contribution in [0.15, 0.2) is 46.9 Å². The number of hydrogen-bond acceptors (Lipinski definition) is 7. The topological polar surface area (TPSA) is 83.7 Å². The van der Waals surface area contributed by atoms with Gasteiger partial charge in [-0.15, -0.1) is 10.2 Å². The van der Waals surface area contributed by atoms with Gasteiger partial charge in [0.1, 0.15) is 17.1 Å². The highest BCUT2D eigenvalue weighted by Gasteiger charge is 2.15. The normalized spacial score (nSPS) is 10.4. The van der Waals surface area contributed by atoms with E-state index in [2.05, 4.69) is 10.2 Å². The molecule has 0 aliphatic rings. The van der Waals surface area contributed by atoms with Gasteiger partial charge in [0.25, 0.3) is 5.89 Å². The minimum atomic E-state index is -0.527. The Bertz CT molecular complexity index is 908. The summed E-state index contributed by atoms with van der Waals surface area (Å²) in [6, 6.07) is 11.8. The molecule has 0 bridgehead atoms. The van der Waals surface area contributed by atoms with Gasteiger partial charge in [0, 0.05) is 10.6 Å². The molecule has 0 aliphatic carbocycles. The molecule has 3 aromatic rings. The van der Waals surface area contributed by atoms with Gasteiger partial charge in [-0.1, -0.05) is 11.6 Å². The Hall–Kier alpha value is -3.06. The Balaban J connectivity index is 1.74. The smallest absolute Gasteiger partial charge is 0.341 e. The molecule has 0 saturated heterocycles. The molecule has 0 fully saturated rings. The van der Waals surface area contributed by atoms with E-state index in [4.69, 9.17) is 30.2 Å². The van der Waals surface area contributed by atoms with Crippen molar-refractivity contribution in [3.63, 3.8) is 0 Å². The van der Waals surface area contributed by atoms with Gasteiger partial charge >= 0.3 is 5.97 Å². The first-order valence-corrected chi connectivity index (χ1v) is 7.96. The van der Waals surface area contributed by atoms with Gasteiger partial charge in [0.2, 0.25) is 5.89 Å². The molecule has 0 amide bonds. The predicted molar refractivity (Wildman–Crippen MR) is 93.4 cm³/mol. The molecule has 0 aliphatic heterocycles. The van der Waals surface area contributed by atoms with Crippen molar-refractivity contribution < 1.29 is 23.4 Å². The first-order valence-electron chi connectivity index (χ1n) is 7.58. The van der Waals surface area contributed by atoms with Crippen molar-refractivity contribution in [2.24, 2.45) is 0 Å². The third-order valence-corrected chi connectivity index (χ3v) is 3.74. The fraction of sp³-hybridized carbons (Fsp3) is 0.167. The number of esters is 1. The molecule has 0 atom stereocenters. The van der Waals surface area contributed by atoms with E-state index < -0.39 is 5.97 Å². The van der Waals surface area contributed by atoms with Gasteiger partial charge in [-0.3, -0.25) is 0 Å². The lowest BCUT2D eigenvalue weighted by atomic mass is 10.2. The zero-order chi connectivity index (χ0) is 18.5. The molecule has 0 unspecified atom stereocenters. The lowest BCUT2D eigenvalue weighted by molar-refractivity contribution is 0.0595. The van der Waals surface area contributed by atoms with Crippen LogP contribution in [0.2, 0.25) is 5.02 Å². The standard InChI is InChI=1S/C18H15ClN2O5/c1-23-13-6-3-11(4-7-13)17-21-20-16(26-17)10-25-15-9-12(19)5-8-14(15)18(22)24-2/h3-9H,10H2,1-2H3. The summed E-state index contributed by atoms with van der Waals surface area (Å²) in [6.07, 6.45) is 0. The molecule has 8 heteroatoms. The van der Waals surface area contributed by atoms with Crippen LogP contribution in [0.4, 0.5) is 0 Å². The average Bonchev–Trinajstić information content (AvgIpc) is 3.15. The Morgan fingerprint density at radius 3 is 2.58 bits per heavy atom. The summed E-state index contributed by atoms with van der Waals surface area (Å²) in [5.74, 6) is 1.08. The van der Waals surface area contributed by atoms with Crippen LogP contribution in [0.1, 0.15) is 16.2 Å². The molecule has 134 valence electrons. The van der Waals surface area contributed by atoms with Crippen LogP contribution in [0.5, 0.6) is 11.5 Å². The molecular formula is C18H15ClN2O5. The molecule has 0 saturated carbocycles. The summed E-state index contributed by atoms with van der Waals surface area (Å²) in [7, 11) is 2.88. The Kier molecular flexibility index (Phi) is 5.38. The lowest BCUT2D eigenvalue weighted by Gasteiger charge is -2.09. The van der Waals surface area contributed by atoms with Gasteiger partial charge in [-0.25, -0.2) is 4.79 Å². The molecule has 26 heavy (non-hydrogen) atoms. The maximum absolute atomic E-state index is 11.8. The van der Waals surface area contributed by atoms with Crippen LogP contribution in [0.3, 0.4) is 0 Å². The Labute approximate surface area is 154 Å². The van der Waals surface area contributed by atoms with Gasteiger partial charge in [-0.2, -0.15) is 0 Å². The molecular weight excluding hydrogens is 360 g/mol. The summed E-state index contributed by atoms with van der Waals surface area (Å²) >= 11 is 5.96. The van der Waals surface area contributed by atoms with Crippen LogP contribution >= 0.6 is 11.6 Å². The van der Waals surface area contributed by atoms with Gasteiger partial charge in [-0.05, 0) is 42.5 Å². The number of aromatic nitrogens is 2. The Morgan fingerprint density at radius 2 is 1.88 bits per heavy atom. The number of halogens is 1. The number of ether oxygens (including phenoxy) is 3. The maximum Gasteiger partial charge on any atom is 0.341 e. The lowest BCUT2D eigenvalue weighted by Crippen LogP contribution is -2.06. The number of carbonyl (C=O) groups is 1. The minimum absolute atomic E-state index is 0.0203. The monoisotopic (exact) mass is 374 g/mol. The number of carbonyl (C=O) groups excluding carboxylic acids is 1. The van der Waals surface area contributed by atoms with Crippen molar-refractivity contribution in [3.8, 4) is 23.0 Å². The molecule has 3 rings (SSSR count). The number of rotatable bonds is 6. The van der Waals surface area contributed by atoms with Crippen LogP contribution in [-0.2, 0) is 11.3 Å². The zero-order valence-electron chi connectivity index (χ0n) is 14.1. The van der Waals surface area contributed by atoms with E-state index in [1.807, 2.05) is 12.1 Å². The highest BCUT2D eigenvalue weighted by molar-refractivity contribution is 6.30. The molecule has 0 N–H and O–H groups in total. The summed E-state index contributed by atoms with van der Waals surface area (Å²) in [5, 5.41) is 8.36. The quantitative estimate of drug-likeness (QED) is 0.607. The zero-order valence-corrected chi connectivity index (χ0v) is 14.8. The summed E-state index contributed by atoms with van der Waals surface area (Å²) < 4.78 is 21.0. The van der Waals surface area contributed by atoms with Crippen molar-refractivity contribution in [2.75, 3.05) is 14.2 Å². The van der Waals surface area contributed by atoms with Crippen LogP contribution in [0, 0.1) is 0 Å². The average molecular weight is 375 g/mol. The molecule has 0 radical (unpaired) electrons. The summed E-state index contributed by atoms with van der Waals surface area (Å²) in [4.78, 5) is 11.8. The third kappa shape index (κ3) is 3.94. The second-order valence-electron chi connectivity index (χ2n) is 5.15. The third-order valence-electron chi connectivity index (χ3n) is 3.50. The SMILES string of the molecule is COC(=O)c1ccc(Cl)cc1OCc1nnc(-c2ccc(OC)cc2)o1. The highest BCUT2D eigenvalue weighted by atomic mass is 35.5. The van der Waals surface area contributed by atoms with E-state index >= 15 is 0 Å². The van der Waals surface area contributed by atoms with E-state index in [0.717, 1.165) is 11.3 Å². The number of methoxy groups -OCH3 is 2. The van der Waals surface area contributed by atoms with E-state index in [0.29, 0.717) is 10.9 Å². The Morgan fingerprint density at radius 1 is 1.12 bits per heavy atom. The van der Waals surface area contributed by atoms with Gasteiger partial charge in [0.05, 0.1) is 14.2 Å². The predicted octanol–water partition coefficient (Wildman–Crippen LogP) is 3.76. The van der Waals surface area contributed by atoms with Crippen molar-refractivity contribution >= 4 is 17.6 Å². The van der Waals surface area contributed by atoms with E-state index in [-0.39, 0.29) is 23.8 Å². The van der Waals surface area contributed by atoms with E-state index in [9.17, 15) is 4.79 Å². The van der Waals surface area contributed by atoms with Gasteiger partial charge < -0.3 is 18.6 Å². The molecule has 0 spiro atoms.